The van der Waals surface area contributed by atoms with Gasteiger partial charge < -0.3 is 15.4 Å². The number of benzene rings is 1. The number of phenols is 1. The zero-order valence-corrected chi connectivity index (χ0v) is 10.7. The van der Waals surface area contributed by atoms with Crippen molar-refractivity contribution in [1.82, 2.24) is 15.1 Å². The second-order valence-electron chi connectivity index (χ2n) is 4.39. The van der Waals surface area contributed by atoms with Gasteiger partial charge in [-0.3, -0.25) is 4.98 Å². The number of aromatic hydroxyl groups is 1. The number of nitrogens with zero attached hydrogens (tertiary/aromatic N) is 3. The lowest BCUT2D eigenvalue weighted by atomic mass is 10.1. The predicted octanol–water partition coefficient (Wildman–Crippen LogP) is 2.39. The van der Waals surface area contributed by atoms with Crippen molar-refractivity contribution in [2.75, 3.05) is 5.73 Å². The molecule has 2 aromatic heterocycles. The van der Waals surface area contributed by atoms with Gasteiger partial charge >= 0.3 is 0 Å². The standard InChI is InChI=1S/C14H12N4O2/c1-8-4-5-16-7-10(8)13-17-14(20-18-13)9-2-3-12(19)11(15)6-9/h2-7,19H,15H2,1H3. The van der Waals surface area contributed by atoms with Gasteiger partial charge in [-0.25, -0.2) is 0 Å². The number of hydrogen-bond acceptors (Lipinski definition) is 6. The molecule has 3 rings (SSSR count). The van der Waals surface area contributed by atoms with Crippen LogP contribution in [0.1, 0.15) is 5.56 Å². The molecule has 3 N–H and O–H groups in total. The van der Waals surface area contributed by atoms with Crippen molar-refractivity contribution in [3.8, 4) is 28.6 Å². The van der Waals surface area contributed by atoms with Gasteiger partial charge in [-0.05, 0) is 36.8 Å². The molecular formula is C14H12N4O2. The number of phenolic OH excluding ortho intramolecular Hbond substituents is 1. The van der Waals surface area contributed by atoms with E-state index in [1.165, 1.54) is 6.07 Å². The van der Waals surface area contributed by atoms with Crippen molar-refractivity contribution in [2.24, 2.45) is 0 Å². The maximum Gasteiger partial charge on any atom is 0.258 e. The summed E-state index contributed by atoms with van der Waals surface area (Å²) in [7, 11) is 0. The summed E-state index contributed by atoms with van der Waals surface area (Å²) in [5, 5.41) is 13.4. The topological polar surface area (TPSA) is 98.1 Å². The van der Waals surface area contributed by atoms with Gasteiger partial charge in [0.05, 0.1) is 5.69 Å². The molecule has 0 saturated carbocycles. The van der Waals surface area contributed by atoms with Gasteiger partial charge in [0.15, 0.2) is 0 Å². The number of aromatic nitrogens is 3. The fraction of sp³-hybridized carbons (Fsp3) is 0.0714. The Bertz CT molecular complexity index is 767. The van der Waals surface area contributed by atoms with Crippen molar-refractivity contribution in [2.45, 2.75) is 6.92 Å². The summed E-state index contributed by atoms with van der Waals surface area (Å²) in [6.07, 6.45) is 3.40. The highest BCUT2D eigenvalue weighted by atomic mass is 16.5. The Morgan fingerprint density at radius 3 is 2.85 bits per heavy atom. The zero-order valence-electron chi connectivity index (χ0n) is 10.7. The van der Waals surface area contributed by atoms with Gasteiger partial charge in [-0.1, -0.05) is 5.16 Å². The van der Waals surface area contributed by atoms with E-state index in [-0.39, 0.29) is 11.4 Å². The van der Waals surface area contributed by atoms with Gasteiger partial charge in [0.2, 0.25) is 5.82 Å². The van der Waals surface area contributed by atoms with Crippen LogP contribution in [0.5, 0.6) is 5.75 Å². The summed E-state index contributed by atoms with van der Waals surface area (Å²) < 4.78 is 5.23. The number of aryl methyl sites for hydroxylation is 1. The highest BCUT2D eigenvalue weighted by molar-refractivity contribution is 5.67. The molecule has 0 amide bonds. The van der Waals surface area contributed by atoms with Crippen LogP contribution in [0.2, 0.25) is 0 Å². The molecule has 6 heteroatoms. The molecule has 0 unspecified atom stereocenters. The Kier molecular flexibility index (Phi) is 2.83. The molecule has 0 fully saturated rings. The first-order chi connectivity index (χ1) is 9.65. The number of rotatable bonds is 2. The summed E-state index contributed by atoms with van der Waals surface area (Å²) >= 11 is 0. The largest absolute Gasteiger partial charge is 0.506 e. The Balaban J connectivity index is 2.02. The first-order valence-electron chi connectivity index (χ1n) is 5.98. The fourth-order valence-electron chi connectivity index (χ4n) is 1.84. The molecule has 6 nitrogen and oxygen atoms in total. The predicted molar refractivity (Wildman–Crippen MR) is 73.8 cm³/mol. The molecule has 0 atom stereocenters. The van der Waals surface area contributed by atoms with E-state index in [9.17, 15) is 5.11 Å². The highest BCUT2D eigenvalue weighted by Crippen LogP contribution is 2.28. The van der Waals surface area contributed by atoms with Gasteiger partial charge in [0.1, 0.15) is 5.75 Å². The maximum absolute atomic E-state index is 9.41. The smallest absolute Gasteiger partial charge is 0.258 e. The fourth-order valence-corrected chi connectivity index (χ4v) is 1.84. The molecule has 2 heterocycles. The monoisotopic (exact) mass is 268 g/mol. The van der Waals surface area contributed by atoms with Crippen LogP contribution in [0.3, 0.4) is 0 Å². The van der Waals surface area contributed by atoms with E-state index >= 15 is 0 Å². The lowest BCUT2D eigenvalue weighted by Crippen LogP contribution is -1.88. The van der Waals surface area contributed by atoms with E-state index in [2.05, 4.69) is 15.1 Å². The van der Waals surface area contributed by atoms with Crippen molar-refractivity contribution in [1.29, 1.82) is 0 Å². The minimum atomic E-state index is 0.0246. The van der Waals surface area contributed by atoms with Crippen LogP contribution in [0.25, 0.3) is 22.8 Å². The molecule has 0 radical (unpaired) electrons. The van der Waals surface area contributed by atoms with E-state index < -0.39 is 0 Å². The quantitative estimate of drug-likeness (QED) is 0.547. The second kappa shape index (κ2) is 4.65. The second-order valence-corrected chi connectivity index (χ2v) is 4.39. The van der Waals surface area contributed by atoms with E-state index in [0.29, 0.717) is 17.3 Å². The Morgan fingerprint density at radius 2 is 2.10 bits per heavy atom. The van der Waals surface area contributed by atoms with Crippen LogP contribution in [-0.4, -0.2) is 20.2 Å². The Morgan fingerprint density at radius 1 is 1.25 bits per heavy atom. The van der Waals surface area contributed by atoms with Crippen LogP contribution >= 0.6 is 0 Å². The molecule has 100 valence electrons. The number of nitrogens with two attached hydrogens (primary N) is 1. The summed E-state index contributed by atoms with van der Waals surface area (Å²) in [5.74, 6) is 0.837. The van der Waals surface area contributed by atoms with Gasteiger partial charge in [-0.15, -0.1) is 0 Å². The molecule has 0 bridgehead atoms. The Labute approximate surface area is 114 Å². The minimum absolute atomic E-state index is 0.0246. The SMILES string of the molecule is Cc1ccncc1-c1noc(-c2ccc(O)c(N)c2)n1. The summed E-state index contributed by atoms with van der Waals surface area (Å²) in [6, 6.07) is 6.62. The van der Waals surface area contributed by atoms with Crippen molar-refractivity contribution in [3.05, 3.63) is 42.2 Å². The van der Waals surface area contributed by atoms with E-state index in [1.807, 2.05) is 13.0 Å². The maximum atomic E-state index is 9.41. The van der Waals surface area contributed by atoms with E-state index in [1.54, 1.807) is 24.5 Å². The molecule has 0 aliphatic rings. The number of anilines is 1. The summed E-state index contributed by atoms with van der Waals surface area (Å²) in [4.78, 5) is 8.38. The molecular weight excluding hydrogens is 256 g/mol. The lowest BCUT2D eigenvalue weighted by molar-refractivity contribution is 0.432. The third kappa shape index (κ3) is 2.07. The van der Waals surface area contributed by atoms with Crippen LogP contribution < -0.4 is 5.73 Å². The molecule has 0 aliphatic carbocycles. The van der Waals surface area contributed by atoms with Crippen LogP contribution in [-0.2, 0) is 0 Å². The van der Waals surface area contributed by atoms with Crippen LogP contribution in [0.4, 0.5) is 5.69 Å². The minimum Gasteiger partial charge on any atom is -0.506 e. The van der Waals surface area contributed by atoms with E-state index in [4.69, 9.17) is 10.3 Å². The highest BCUT2D eigenvalue weighted by Gasteiger charge is 2.13. The average Bonchev–Trinajstić information content (AvgIpc) is 2.92. The molecule has 0 saturated heterocycles. The van der Waals surface area contributed by atoms with Crippen molar-refractivity contribution < 1.29 is 9.63 Å². The zero-order chi connectivity index (χ0) is 14.1. The normalized spacial score (nSPS) is 10.7. The first-order valence-corrected chi connectivity index (χ1v) is 5.98. The Hall–Kier alpha value is -2.89. The molecule has 0 aliphatic heterocycles. The third-order valence-corrected chi connectivity index (χ3v) is 2.98. The number of nitrogen functional groups attached to an aromatic ring is 1. The van der Waals surface area contributed by atoms with Crippen molar-refractivity contribution >= 4 is 5.69 Å². The lowest BCUT2D eigenvalue weighted by Gasteiger charge is -1.99. The number of hydrogen-bond donors (Lipinski definition) is 2. The van der Waals surface area contributed by atoms with Gasteiger partial charge in [0, 0.05) is 23.5 Å². The van der Waals surface area contributed by atoms with Crippen LogP contribution in [0, 0.1) is 6.92 Å². The van der Waals surface area contributed by atoms with E-state index in [0.717, 1.165) is 11.1 Å². The molecule has 20 heavy (non-hydrogen) atoms. The first kappa shape index (κ1) is 12.2. The molecule has 1 aromatic carbocycles. The van der Waals surface area contributed by atoms with Gasteiger partial charge in [-0.2, -0.15) is 4.98 Å². The summed E-state index contributed by atoms with van der Waals surface area (Å²) in [5.41, 5.74) is 8.39. The summed E-state index contributed by atoms with van der Waals surface area (Å²) in [6.45, 7) is 1.95. The molecule has 3 aromatic rings. The van der Waals surface area contributed by atoms with Crippen molar-refractivity contribution in [3.63, 3.8) is 0 Å². The van der Waals surface area contributed by atoms with Crippen LogP contribution in [0.15, 0.2) is 41.2 Å². The average molecular weight is 268 g/mol. The molecule has 0 spiro atoms. The third-order valence-electron chi connectivity index (χ3n) is 2.98. The number of pyridine rings is 1. The van der Waals surface area contributed by atoms with Gasteiger partial charge in [0.25, 0.3) is 5.89 Å².